The Bertz CT molecular complexity index is 2030. The smallest absolute Gasteiger partial charge is 0.335 e. The maximum absolute atomic E-state index is 13.6. The van der Waals surface area contributed by atoms with Gasteiger partial charge in [-0.1, -0.05) is 48.5 Å². The van der Waals surface area contributed by atoms with E-state index in [-0.39, 0.29) is 22.3 Å². The van der Waals surface area contributed by atoms with E-state index in [1.54, 1.807) is 72.8 Å². The summed E-state index contributed by atoms with van der Waals surface area (Å²) in [6, 6.07) is 35.0. The molecule has 6 aromatic carbocycles. The second kappa shape index (κ2) is 14.5. The van der Waals surface area contributed by atoms with Crippen LogP contribution in [0, 0.1) is 0 Å². The van der Waals surface area contributed by atoms with Crippen molar-refractivity contribution < 1.29 is 44.4 Å². The topological polar surface area (TPSA) is 190 Å². The van der Waals surface area contributed by atoms with Gasteiger partial charge < -0.3 is 31.1 Å². The third kappa shape index (κ3) is 7.85. The summed E-state index contributed by atoms with van der Waals surface area (Å²) in [6.45, 7) is 0. The number of hydrogen-bond acceptors (Lipinski definition) is 5. The van der Waals surface area contributed by atoms with Crippen LogP contribution in [0.5, 0.6) is 0 Å². The average Bonchev–Trinajstić information content (AvgIpc) is 3.14. The number of carbonyl (C=O) groups is 5. The molecule has 6 aromatic rings. The summed E-state index contributed by atoms with van der Waals surface area (Å²) < 4.78 is 0. The Morgan fingerprint density at radius 3 is 0.712 bits per heavy atom. The molecule has 6 N–H and O–H groups in total. The SMILES string of the molecule is O=C(Nc1cc(-c2ccc(C(=O)O)cc2)cc(-c2ccc(C(=O)O)cc2)c1)Nc1cc(-c2ccc(C(=O)O)cc2)cc(-c2ccc(C(=O)O)cc2)c1. The molecule has 11 nitrogen and oxygen atoms in total. The number of aromatic carboxylic acids is 4. The number of carboxylic acid groups (broad SMARTS) is 4. The van der Waals surface area contributed by atoms with Crippen LogP contribution in [0.4, 0.5) is 16.2 Å². The van der Waals surface area contributed by atoms with Gasteiger partial charge in [-0.05, 0) is 129 Å². The third-order valence-corrected chi connectivity index (χ3v) is 8.24. The number of nitrogens with one attached hydrogen (secondary N) is 2. The highest BCUT2D eigenvalue weighted by atomic mass is 16.4. The monoisotopic (exact) mass is 692 g/mol. The van der Waals surface area contributed by atoms with Crippen molar-refractivity contribution in [2.45, 2.75) is 0 Å². The highest BCUT2D eigenvalue weighted by Crippen LogP contribution is 2.33. The van der Waals surface area contributed by atoms with Gasteiger partial charge >= 0.3 is 29.9 Å². The van der Waals surface area contributed by atoms with Crippen LogP contribution < -0.4 is 10.6 Å². The molecular formula is C41H28N2O9. The number of carboxylic acids is 4. The minimum Gasteiger partial charge on any atom is -0.478 e. The van der Waals surface area contributed by atoms with E-state index < -0.39 is 29.9 Å². The highest BCUT2D eigenvalue weighted by Gasteiger charge is 2.14. The van der Waals surface area contributed by atoms with Crippen molar-refractivity contribution in [3.63, 3.8) is 0 Å². The Kier molecular flexibility index (Phi) is 9.59. The first kappa shape index (κ1) is 34.3. The van der Waals surface area contributed by atoms with Gasteiger partial charge in [0.15, 0.2) is 0 Å². The summed E-state index contributed by atoms with van der Waals surface area (Å²) in [7, 11) is 0. The van der Waals surface area contributed by atoms with Gasteiger partial charge in [-0.25, -0.2) is 24.0 Å². The van der Waals surface area contributed by atoms with Gasteiger partial charge in [-0.3, -0.25) is 0 Å². The Hall–Kier alpha value is -7.53. The second-order valence-electron chi connectivity index (χ2n) is 11.7. The molecule has 0 saturated carbocycles. The van der Waals surface area contributed by atoms with Crippen LogP contribution in [0.15, 0.2) is 133 Å². The fraction of sp³-hybridized carbons (Fsp3) is 0. The number of amides is 2. The molecule has 11 heteroatoms. The molecule has 0 radical (unpaired) electrons. The van der Waals surface area contributed by atoms with Gasteiger partial charge in [0.25, 0.3) is 0 Å². The molecule has 0 bridgehead atoms. The minimum atomic E-state index is -1.07. The Morgan fingerprint density at radius 1 is 0.308 bits per heavy atom. The number of carbonyl (C=O) groups excluding carboxylic acids is 1. The molecule has 0 aliphatic heterocycles. The van der Waals surface area contributed by atoms with Crippen LogP contribution >= 0.6 is 0 Å². The standard InChI is InChI=1S/C41H28N2O9/c44-37(45)27-9-1-23(2-10-27)31-17-32(24-3-11-28(12-4-24)38(46)47)20-35(19-31)42-41(52)43-36-21-33(25-5-13-29(14-6-25)39(48)49)18-34(22-36)26-7-15-30(16-8-26)40(50)51/h1-22H,(H,44,45)(H,46,47)(H,48,49)(H,50,51)(H2,42,43,52). The molecule has 0 aromatic heterocycles. The zero-order valence-corrected chi connectivity index (χ0v) is 27.0. The lowest BCUT2D eigenvalue weighted by Crippen LogP contribution is -2.19. The summed E-state index contributed by atoms with van der Waals surface area (Å²) in [4.78, 5) is 59.3. The van der Waals surface area contributed by atoms with Gasteiger partial charge in [0.2, 0.25) is 0 Å². The molecule has 6 rings (SSSR count). The van der Waals surface area contributed by atoms with E-state index in [4.69, 9.17) is 0 Å². The van der Waals surface area contributed by atoms with Gasteiger partial charge in [0.05, 0.1) is 22.3 Å². The van der Waals surface area contributed by atoms with Crippen LogP contribution in [0.1, 0.15) is 41.4 Å². The second-order valence-corrected chi connectivity index (χ2v) is 11.7. The average molecular weight is 693 g/mol. The number of anilines is 2. The van der Waals surface area contributed by atoms with E-state index in [2.05, 4.69) is 10.6 Å². The fourth-order valence-electron chi connectivity index (χ4n) is 5.58. The van der Waals surface area contributed by atoms with Crippen molar-refractivity contribution in [3.05, 3.63) is 156 Å². The Morgan fingerprint density at radius 2 is 0.519 bits per heavy atom. The molecular weight excluding hydrogens is 664 g/mol. The zero-order valence-electron chi connectivity index (χ0n) is 27.0. The summed E-state index contributed by atoms with van der Waals surface area (Å²) in [5.74, 6) is -4.28. The largest absolute Gasteiger partial charge is 0.478 e. The van der Waals surface area contributed by atoms with Crippen molar-refractivity contribution in [1.29, 1.82) is 0 Å². The van der Waals surface area contributed by atoms with Crippen molar-refractivity contribution >= 4 is 41.3 Å². The minimum absolute atomic E-state index is 0.110. The van der Waals surface area contributed by atoms with E-state index in [0.29, 0.717) is 55.9 Å². The number of rotatable bonds is 10. The van der Waals surface area contributed by atoms with Gasteiger partial charge in [0.1, 0.15) is 0 Å². The van der Waals surface area contributed by atoms with Crippen LogP contribution in [0.2, 0.25) is 0 Å². The van der Waals surface area contributed by atoms with Crippen molar-refractivity contribution in [1.82, 2.24) is 0 Å². The molecule has 2 amide bonds. The Balaban J connectivity index is 1.35. The fourth-order valence-corrected chi connectivity index (χ4v) is 5.58. The summed E-state index contributed by atoms with van der Waals surface area (Å²) in [6.07, 6.45) is 0. The van der Waals surface area contributed by atoms with Gasteiger partial charge in [0, 0.05) is 11.4 Å². The molecule has 256 valence electrons. The molecule has 0 saturated heterocycles. The van der Waals surface area contributed by atoms with E-state index in [1.807, 2.05) is 12.1 Å². The first-order chi connectivity index (χ1) is 24.9. The van der Waals surface area contributed by atoms with E-state index in [1.165, 1.54) is 48.5 Å². The maximum Gasteiger partial charge on any atom is 0.335 e. The normalized spacial score (nSPS) is 10.6. The molecule has 0 fully saturated rings. The predicted molar refractivity (Wildman–Crippen MR) is 195 cm³/mol. The number of hydrogen-bond donors (Lipinski definition) is 6. The van der Waals surface area contributed by atoms with Crippen molar-refractivity contribution in [2.75, 3.05) is 10.6 Å². The first-order valence-electron chi connectivity index (χ1n) is 15.7. The molecule has 0 aliphatic rings. The van der Waals surface area contributed by atoms with Crippen LogP contribution in [0.25, 0.3) is 44.5 Å². The molecule has 0 aliphatic carbocycles. The first-order valence-corrected chi connectivity index (χ1v) is 15.7. The highest BCUT2D eigenvalue weighted by molar-refractivity contribution is 6.02. The van der Waals surface area contributed by atoms with E-state index in [0.717, 1.165) is 0 Å². The lowest BCUT2D eigenvalue weighted by Gasteiger charge is -2.15. The van der Waals surface area contributed by atoms with Crippen LogP contribution in [0.3, 0.4) is 0 Å². The van der Waals surface area contributed by atoms with Gasteiger partial charge in [-0.2, -0.15) is 0 Å². The molecule has 0 atom stereocenters. The summed E-state index contributed by atoms with van der Waals surface area (Å²) >= 11 is 0. The van der Waals surface area contributed by atoms with E-state index in [9.17, 15) is 44.4 Å². The summed E-state index contributed by atoms with van der Waals surface area (Å²) in [5.41, 5.74) is 6.56. The lowest BCUT2D eigenvalue weighted by atomic mass is 9.96. The maximum atomic E-state index is 13.6. The van der Waals surface area contributed by atoms with E-state index >= 15 is 0 Å². The molecule has 52 heavy (non-hydrogen) atoms. The number of urea groups is 1. The quantitative estimate of drug-likeness (QED) is 0.0814. The van der Waals surface area contributed by atoms with Crippen molar-refractivity contribution in [2.24, 2.45) is 0 Å². The van der Waals surface area contributed by atoms with Crippen LogP contribution in [-0.2, 0) is 0 Å². The Labute approximate surface area is 296 Å². The zero-order chi connectivity index (χ0) is 36.9. The van der Waals surface area contributed by atoms with Gasteiger partial charge in [-0.15, -0.1) is 0 Å². The predicted octanol–water partition coefficient (Wildman–Crippen LogP) is 8.79. The molecule has 0 spiro atoms. The number of benzene rings is 6. The van der Waals surface area contributed by atoms with Crippen LogP contribution in [-0.4, -0.2) is 50.3 Å². The summed E-state index contributed by atoms with van der Waals surface area (Å²) in [5, 5.41) is 43.1. The van der Waals surface area contributed by atoms with Crippen molar-refractivity contribution in [3.8, 4) is 44.5 Å². The lowest BCUT2D eigenvalue weighted by molar-refractivity contribution is 0.0686. The molecule has 0 heterocycles. The third-order valence-electron chi connectivity index (χ3n) is 8.24. The molecule has 0 unspecified atom stereocenters.